The Morgan fingerprint density at radius 2 is 2.71 bits per heavy atom. The molecule has 0 spiro atoms. The molecular formula is C3H3N3O. The van der Waals surface area contributed by atoms with Gasteiger partial charge < -0.3 is 5.32 Å². The summed E-state index contributed by atoms with van der Waals surface area (Å²) < 4.78 is 0. The molecule has 1 aliphatic rings. The number of carbonyl (C=O) groups is 1. The molecule has 0 unspecified atom stereocenters. The SMILES string of the molecule is O=C1C=NN[C]N1. The topological polar surface area (TPSA) is 53.5 Å². The molecule has 1 rings (SSSR count). The molecule has 0 aromatic heterocycles. The predicted octanol–water partition coefficient (Wildman–Crippen LogP) is -1.31. The summed E-state index contributed by atoms with van der Waals surface area (Å²) in [6, 6.07) is 0. The number of nitrogens with zero attached hydrogens (tertiary/aromatic N) is 1. The number of hydrogen-bond acceptors (Lipinski definition) is 3. The second kappa shape index (κ2) is 1.59. The van der Waals surface area contributed by atoms with E-state index in [2.05, 4.69) is 22.5 Å². The monoisotopic (exact) mass is 97.0 g/mol. The van der Waals surface area contributed by atoms with Crippen LogP contribution in [0.4, 0.5) is 0 Å². The molecule has 1 amide bonds. The fraction of sp³-hybridized carbons (Fsp3) is 0. The van der Waals surface area contributed by atoms with Gasteiger partial charge in [-0.1, -0.05) is 0 Å². The van der Waals surface area contributed by atoms with Gasteiger partial charge in [-0.05, 0) is 0 Å². The van der Waals surface area contributed by atoms with Crippen molar-refractivity contribution < 1.29 is 4.79 Å². The first-order chi connectivity index (χ1) is 3.39. The van der Waals surface area contributed by atoms with E-state index in [9.17, 15) is 4.79 Å². The van der Waals surface area contributed by atoms with Crippen molar-refractivity contribution in [1.82, 2.24) is 10.7 Å². The normalized spacial score (nSPS) is 18.0. The summed E-state index contributed by atoms with van der Waals surface area (Å²) in [6.07, 6.45) is 1.14. The Bertz CT molecular complexity index is 109. The minimum Gasteiger partial charge on any atom is -0.320 e. The van der Waals surface area contributed by atoms with Crippen LogP contribution in [0.25, 0.3) is 0 Å². The molecule has 4 heteroatoms. The average Bonchev–Trinajstić information content (AvgIpc) is 1.69. The molecule has 7 heavy (non-hydrogen) atoms. The van der Waals surface area contributed by atoms with Gasteiger partial charge in [0.2, 0.25) is 6.67 Å². The van der Waals surface area contributed by atoms with Crippen molar-refractivity contribution in [3.8, 4) is 0 Å². The number of carbonyl (C=O) groups excluding carboxylic acids is 1. The third-order valence-corrected chi connectivity index (χ3v) is 0.488. The summed E-state index contributed by atoms with van der Waals surface area (Å²) in [5.41, 5.74) is 2.30. The molecule has 0 bridgehead atoms. The van der Waals surface area contributed by atoms with Crippen LogP contribution in [0.3, 0.4) is 0 Å². The van der Waals surface area contributed by atoms with Crippen molar-refractivity contribution in [2.75, 3.05) is 0 Å². The van der Waals surface area contributed by atoms with Crippen LogP contribution in [0.1, 0.15) is 0 Å². The standard InChI is InChI=1S/C3H3N3O/c7-3-1-5-6-2-4-3/h1,6H,(H,4,7). The second-order valence-electron chi connectivity index (χ2n) is 0.984. The summed E-state index contributed by atoms with van der Waals surface area (Å²) in [5.74, 6) is -0.251. The van der Waals surface area contributed by atoms with Crippen molar-refractivity contribution in [3.63, 3.8) is 0 Å². The van der Waals surface area contributed by atoms with E-state index in [0.29, 0.717) is 0 Å². The van der Waals surface area contributed by atoms with Gasteiger partial charge in [-0.15, -0.1) is 0 Å². The first kappa shape index (κ1) is 4.11. The van der Waals surface area contributed by atoms with Gasteiger partial charge in [0.05, 0.1) is 0 Å². The molecular weight excluding hydrogens is 94.1 g/mol. The van der Waals surface area contributed by atoms with E-state index in [1.54, 1.807) is 0 Å². The molecule has 0 aromatic rings. The maximum Gasteiger partial charge on any atom is 0.266 e. The van der Waals surface area contributed by atoms with Gasteiger partial charge in [0.15, 0.2) is 0 Å². The van der Waals surface area contributed by atoms with Gasteiger partial charge in [0.1, 0.15) is 6.21 Å². The Morgan fingerprint density at radius 1 is 1.86 bits per heavy atom. The Balaban J connectivity index is 2.51. The van der Waals surface area contributed by atoms with Crippen LogP contribution in [0.5, 0.6) is 0 Å². The lowest BCUT2D eigenvalue weighted by atomic mass is 10.6. The maximum absolute atomic E-state index is 10.1. The first-order valence-electron chi connectivity index (χ1n) is 1.72. The van der Waals surface area contributed by atoms with Crippen LogP contribution in [0.15, 0.2) is 5.10 Å². The largest absolute Gasteiger partial charge is 0.320 e. The van der Waals surface area contributed by atoms with Gasteiger partial charge in [-0.3, -0.25) is 10.2 Å². The van der Waals surface area contributed by atoms with Crippen LogP contribution < -0.4 is 10.7 Å². The number of hydrogen-bond donors (Lipinski definition) is 2. The summed E-state index contributed by atoms with van der Waals surface area (Å²) in [6.45, 7) is 2.29. The van der Waals surface area contributed by atoms with Crippen molar-refractivity contribution in [2.24, 2.45) is 5.10 Å². The van der Waals surface area contributed by atoms with Crippen molar-refractivity contribution in [1.29, 1.82) is 0 Å². The third kappa shape index (κ3) is 0.887. The zero-order chi connectivity index (χ0) is 5.11. The second-order valence-corrected chi connectivity index (χ2v) is 0.984. The van der Waals surface area contributed by atoms with Gasteiger partial charge in [0.25, 0.3) is 5.91 Å². The summed E-state index contributed by atoms with van der Waals surface area (Å²) in [5, 5.41) is 5.59. The van der Waals surface area contributed by atoms with Crippen LogP contribution >= 0.6 is 0 Å². The van der Waals surface area contributed by atoms with E-state index in [-0.39, 0.29) is 5.91 Å². The molecule has 0 fully saturated rings. The lowest BCUT2D eigenvalue weighted by Crippen LogP contribution is -2.32. The molecule has 4 nitrogen and oxygen atoms in total. The lowest BCUT2D eigenvalue weighted by Gasteiger charge is -2.01. The smallest absolute Gasteiger partial charge is 0.266 e. The molecule has 2 radical (unpaired) electrons. The summed E-state index contributed by atoms with van der Waals surface area (Å²) in [7, 11) is 0. The van der Waals surface area contributed by atoms with Crippen LogP contribution in [0, 0.1) is 6.67 Å². The predicted molar refractivity (Wildman–Crippen MR) is 23.0 cm³/mol. The van der Waals surface area contributed by atoms with Gasteiger partial charge in [0, 0.05) is 0 Å². The van der Waals surface area contributed by atoms with Crippen LogP contribution in [0.2, 0.25) is 0 Å². The fourth-order valence-corrected chi connectivity index (χ4v) is 0.245. The lowest BCUT2D eigenvalue weighted by molar-refractivity contribution is -0.114. The van der Waals surface area contributed by atoms with Gasteiger partial charge in [-0.2, -0.15) is 5.10 Å². The molecule has 0 aliphatic carbocycles. The highest BCUT2D eigenvalue weighted by atomic mass is 16.2. The van der Waals surface area contributed by atoms with Crippen LogP contribution in [-0.2, 0) is 4.79 Å². The number of amides is 1. The highest BCUT2D eigenvalue weighted by Crippen LogP contribution is 1.70. The summed E-state index contributed by atoms with van der Waals surface area (Å²) in [4.78, 5) is 10.1. The zero-order valence-corrected chi connectivity index (χ0v) is 3.43. The number of nitrogens with one attached hydrogen (secondary N) is 2. The fourth-order valence-electron chi connectivity index (χ4n) is 0.245. The minimum absolute atomic E-state index is 0.251. The van der Waals surface area contributed by atoms with E-state index in [1.165, 1.54) is 0 Å². The quantitative estimate of drug-likeness (QED) is 0.394. The molecule has 1 aliphatic heterocycles. The van der Waals surface area contributed by atoms with E-state index in [0.717, 1.165) is 6.21 Å². The highest BCUT2D eigenvalue weighted by molar-refractivity contribution is 6.26. The Hall–Kier alpha value is -1.06. The average molecular weight is 97.1 g/mol. The van der Waals surface area contributed by atoms with E-state index >= 15 is 0 Å². The van der Waals surface area contributed by atoms with Crippen molar-refractivity contribution in [3.05, 3.63) is 6.67 Å². The van der Waals surface area contributed by atoms with Crippen molar-refractivity contribution >= 4 is 12.1 Å². The molecule has 1 heterocycles. The number of hydrazone groups is 1. The molecule has 0 saturated heterocycles. The van der Waals surface area contributed by atoms with Crippen LogP contribution in [-0.4, -0.2) is 12.1 Å². The Labute approximate surface area is 40.6 Å². The first-order valence-corrected chi connectivity index (χ1v) is 1.72. The van der Waals surface area contributed by atoms with Gasteiger partial charge >= 0.3 is 0 Å². The Kier molecular flexibility index (Phi) is 0.934. The van der Waals surface area contributed by atoms with E-state index in [1.807, 2.05) is 0 Å². The van der Waals surface area contributed by atoms with E-state index < -0.39 is 0 Å². The molecule has 0 atom stereocenters. The minimum atomic E-state index is -0.251. The van der Waals surface area contributed by atoms with Gasteiger partial charge in [-0.25, -0.2) is 0 Å². The highest BCUT2D eigenvalue weighted by Gasteiger charge is 1.98. The molecule has 0 saturated carbocycles. The zero-order valence-electron chi connectivity index (χ0n) is 3.43. The van der Waals surface area contributed by atoms with Crippen molar-refractivity contribution in [2.45, 2.75) is 0 Å². The maximum atomic E-state index is 10.1. The molecule has 0 aromatic carbocycles. The number of rotatable bonds is 0. The van der Waals surface area contributed by atoms with E-state index in [4.69, 9.17) is 0 Å². The molecule has 36 valence electrons. The summed E-state index contributed by atoms with van der Waals surface area (Å²) >= 11 is 0. The molecule has 2 N–H and O–H groups in total. The Morgan fingerprint density at radius 3 is 3.00 bits per heavy atom. The third-order valence-electron chi connectivity index (χ3n) is 0.488.